The summed E-state index contributed by atoms with van der Waals surface area (Å²) in [5.74, 6) is -0.659. The van der Waals surface area contributed by atoms with Gasteiger partial charge in [0.15, 0.2) is 0 Å². The fourth-order valence-corrected chi connectivity index (χ4v) is 1.59. The Morgan fingerprint density at radius 3 is 1.50 bits per heavy atom. The smallest absolute Gasteiger partial charge is 0.303 e. The average Bonchev–Trinajstić information content (AvgIpc) is 2.37. The number of unbranched alkanes of at least 4 members (excludes halogenated alkanes) is 8. The van der Waals surface area contributed by atoms with Crippen molar-refractivity contribution in [3.63, 3.8) is 0 Å². The molecular formula is C15H32O3. The van der Waals surface area contributed by atoms with Crippen molar-refractivity contribution >= 4 is 5.97 Å². The summed E-state index contributed by atoms with van der Waals surface area (Å²) in [4.78, 5) is 10.2. The Bertz CT molecular complexity index is 156. The van der Waals surface area contributed by atoms with Gasteiger partial charge in [0.1, 0.15) is 0 Å². The first-order valence-electron chi connectivity index (χ1n) is 7.51. The maximum absolute atomic E-state index is 10.2. The molecule has 0 saturated carbocycles. The van der Waals surface area contributed by atoms with Gasteiger partial charge in [-0.3, -0.25) is 4.79 Å². The van der Waals surface area contributed by atoms with E-state index in [0.29, 0.717) is 13.0 Å². The molecule has 0 rings (SSSR count). The van der Waals surface area contributed by atoms with Crippen molar-refractivity contribution in [2.45, 2.75) is 84.5 Å². The van der Waals surface area contributed by atoms with Gasteiger partial charge in [0.25, 0.3) is 0 Å². The lowest BCUT2D eigenvalue weighted by Gasteiger charge is -2.00. The number of aliphatic hydroxyl groups excluding tert-OH is 1. The number of hydrogen-bond donors (Lipinski definition) is 2. The van der Waals surface area contributed by atoms with Gasteiger partial charge in [0, 0.05) is 13.0 Å². The van der Waals surface area contributed by atoms with E-state index in [1.54, 1.807) is 0 Å². The maximum Gasteiger partial charge on any atom is 0.303 e. The molecule has 110 valence electrons. The molecular weight excluding hydrogens is 228 g/mol. The van der Waals surface area contributed by atoms with Gasteiger partial charge in [-0.25, -0.2) is 0 Å². The van der Waals surface area contributed by atoms with E-state index in [1.807, 2.05) is 6.92 Å². The minimum atomic E-state index is -0.659. The third-order valence-electron chi connectivity index (χ3n) is 2.72. The van der Waals surface area contributed by atoms with E-state index in [2.05, 4.69) is 6.92 Å². The third-order valence-corrected chi connectivity index (χ3v) is 2.72. The summed E-state index contributed by atoms with van der Waals surface area (Å²) in [5, 5.41) is 16.3. The van der Waals surface area contributed by atoms with Gasteiger partial charge in [-0.2, -0.15) is 0 Å². The lowest BCUT2D eigenvalue weighted by Crippen LogP contribution is -1.93. The summed E-state index contributed by atoms with van der Waals surface area (Å²) in [7, 11) is 0. The van der Waals surface area contributed by atoms with Gasteiger partial charge in [-0.1, -0.05) is 65.2 Å². The number of aliphatic carboxylic acids is 1. The zero-order valence-corrected chi connectivity index (χ0v) is 12.3. The molecule has 0 bridgehead atoms. The standard InChI is InChI=1S/C12H24O2.C3H8O/c1-2-3-4-5-6-7-8-9-10-11-12(13)14;1-2-3-4/h2-11H2,1H3,(H,13,14);4H,2-3H2,1H3. The molecule has 0 aromatic rings. The predicted octanol–water partition coefficient (Wildman–Crippen LogP) is 4.38. The van der Waals surface area contributed by atoms with Crippen LogP contribution in [0.3, 0.4) is 0 Å². The Kier molecular flexibility index (Phi) is 20.6. The Labute approximate surface area is 113 Å². The normalized spacial score (nSPS) is 9.72. The second-order valence-corrected chi connectivity index (χ2v) is 4.70. The highest BCUT2D eigenvalue weighted by molar-refractivity contribution is 5.66. The van der Waals surface area contributed by atoms with Gasteiger partial charge in [-0.05, 0) is 12.8 Å². The summed E-state index contributed by atoms with van der Waals surface area (Å²) in [5.41, 5.74) is 0. The number of carbonyl (C=O) groups is 1. The molecule has 0 aliphatic rings. The first kappa shape index (κ1) is 19.8. The van der Waals surface area contributed by atoms with Crippen molar-refractivity contribution in [1.29, 1.82) is 0 Å². The fourth-order valence-electron chi connectivity index (χ4n) is 1.59. The van der Waals surface area contributed by atoms with Gasteiger partial charge in [0.05, 0.1) is 0 Å². The average molecular weight is 260 g/mol. The summed E-state index contributed by atoms with van der Waals surface area (Å²) in [6.07, 6.45) is 12.4. The van der Waals surface area contributed by atoms with Gasteiger partial charge in [0.2, 0.25) is 0 Å². The van der Waals surface area contributed by atoms with Crippen LogP contribution < -0.4 is 0 Å². The van der Waals surface area contributed by atoms with Gasteiger partial charge in [-0.15, -0.1) is 0 Å². The molecule has 0 unspecified atom stereocenters. The third kappa shape index (κ3) is 24.6. The van der Waals surface area contributed by atoms with E-state index in [1.165, 1.54) is 44.9 Å². The topological polar surface area (TPSA) is 57.5 Å². The van der Waals surface area contributed by atoms with Crippen LogP contribution in [0.2, 0.25) is 0 Å². The molecule has 0 spiro atoms. The number of hydrogen-bond acceptors (Lipinski definition) is 2. The van der Waals surface area contributed by atoms with Crippen LogP contribution in [0.15, 0.2) is 0 Å². The Morgan fingerprint density at radius 1 is 0.778 bits per heavy atom. The summed E-state index contributed by atoms with van der Waals surface area (Å²) >= 11 is 0. The minimum Gasteiger partial charge on any atom is -0.481 e. The van der Waals surface area contributed by atoms with Crippen LogP contribution in [-0.2, 0) is 4.79 Å². The number of aliphatic hydroxyl groups is 1. The van der Waals surface area contributed by atoms with E-state index in [4.69, 9.17) is 10.2 Å². The van der Waals surface area contributed by atoms with Crippen molar-refractivity contribution in [2.24, 2.45) is 0 Å². The molecule has 0 atom stereocenters. The second-order valence-electron chi connectivity index (χ2n) is 4.70. The number of rotatable bonds is 11. The van der Waals surface area contributed by atoms with Crippen molar-refractivity contribution in [3.8, 4) is 0 Å². The summed E-state index contributed by atoms with van der Waals surface area (Å²) < 4.78 is 0. The number of carboxylic acid groups (broad SMARTS) is 1. The SMILES string of the molecule is CCCCCCCCCCCC(=O)O.CCCO. The van der Waals surface area contributed by atoms with Crippen molar-refractivity contribution in [1.82, 2.24) is 0 Å². The van der Waals surface area contributed by atoms with E-state index < -0.39 is 5.97 Å². The zero-order chi connectivity index (χ0) is 14.1. The molecule has 0 saturated heterocycles. The molecule has 0 aromatic carbocycles. The lowest BCUT2D eigenvalue weighted by molar-refractivity contribution is -0.137. The summed E-state index contributed by atoms with van der Waals surface area (Å²) in [6.45, 7) is 4.48. The second kappa shape index (κ2) is 18.8. The van der Waals surface area contributed by atoms with E-state index in [0.717, 1.165) is 19.3 Å². The van der Waals surface area contributed by atoms with Crippen LogP contribution in [0.4, 0.5) is 0 Å². The van der Waals surface area contributed by atoms with Crippen molar-refractivity contribution in [3.05, 3.63) is 0 Å². The molecule has 3 nitrogen and oxygen atoms in total. The largest absolute Gasteiger partial charge is 0.481 e. The van der Waals surface area contributed by atoms with Crippen LogP contribution in [-0.4, -0.2) is 22.8 Å². The van der Waals surface area contributed by atoms with Crippen LogP contribution in [0.5, 0.6) is 0 Å². The van der Waals surface area contributed by atoms with E-state index in [-0.39, 0.29) is 0 Å². The molecule has 2 N–H and O–H groups in total. The maximum atomic E-state index is 10.2. The Balaban J connectivity index is 0. The lowest BCUT2D eigenvalue weighted by atomic mass is 10.1. The Hall–Kier alpha value is -0.570. The van der Waals surface area contributed by atoms with Crippen LogP contribution >= 0.6 is 0 Å². The van der Waals surface area contributed by atoms with Gasteiger partial charge < -0.3 is 10.2 Å². The zero-order valence-electron chi connectivity index (χ0n) is 12.3. The predicted molar refractivity (Wildman–Crippen MR) is 76.9 cm³/mol. The highest BCUT2D eigenvalue weighted by atomic mass is 16.4. The molecule has 0 fully saturated rings. The molecule has 0 aliphatic carbocycles. The van der Waals surface area contributed by atoms with Crippen molar-refractivity contribution < 1.29 is 15.0 Å². The molecule has 0 aromatic heterocycles. The van der Waals surface area contributed by atoms with Crippen LogP contribution in [0, 0.1) is 0 Å². The molecule has 0 aliphatic heterocycles. The van der Waals surface area contributed by atoms with Crippen LogP contribution in [0.25, 0.3) is 0 Å². The molecule has 0 amide bonds. The fraction of sp³-hybridized carbons (Fsp3) is 0.933. The highest BCUT2D eigenvalue weighted by Crippen LogP contribution is 2.10. The first-order valence-corrected chi connectivity index (χ1v) is 7.51. The van der Waals surface area contributed by atoms with E-state index >= 15 is 0 Å². The van der Waals surface area contributed by atoms with Gasteiger partial charge >= 0.3 is 5.97 Å². The Morgan fingerprint density at radius 2 is 1.17 bits per heavy atom. The molecule has 18 heavy (non-hydrogen) atoms. The summed E-state index contributed by atoms with van der Waals surface area (Å²) in [6, 6.07) is 0. The quantitative estimate of drug-likeness (QED) is 0.542. The van der Waals surface area contributed by atoms with E-state index in [9.17, 15) is 4.79 Å². The minimum absolute atomic E-state index is 0.319. The molecule has 0 heterocycles. The highest BCUT2D eigenvalue weighted by Gasteiger charge is 1.96. The van der Waals surface area contributed by atoms with Crippen molar-refractivity contribution in [2.75, 3.05) is 6.61 Å². The first-order chi connectivity index (χ1) is 8.68. The number of carboxylic acids is 1. The molecule has 3 heteroatoms. The molecule has 0 radical (unpaired) electrons. The monoisotopic (exact) mass is 260 g/mol. The van der Waals surface area contributed by atoms with Crippen LogP contribution in [0.1, 0.15) is 84.5 Å².